The quantitative estimate of drug-likeness (QED) is 0.750. The normalized spacial score (nSPS) is 29.8. The summed E-state index contributed by atoms with van der Waals surface area (Å²) in [5.41, 5.74) is -0.634. The van der Waals surface area contributed by atoms with Crippen molar-refractivity contribution in [2.24, 2.45) is 17.3 Å². The molecule has 0 atom stereocenters. The first-order chi connectivity index (χ1) is 12.7. The molecule has 3 aliphatic rings. The van der Waals surface area contributed by atoms with Crippen molar-refractivity contribution in [2.75, 3.05) is 19.6 Å². The van der Waals surface area contributed by atoms with Crippen LogP contribution in [0.3, 0.4) is 0 Å². The van der Waals surface area contributed by atoms with Gasteiger partial charge in [0.05, 0.1) is 6.07 Å². The van der Waals surface area contributed by atoms with E-state index in [-0.39, 0.29) is 29.7 Å². The molecule has 7 heteroatoms. The fraction of sp³-hybridized carbons (Fsp3) is 0.800. The van der Waals surface area contributed by atoms with Crippen LogP contribution in [0.4, 0.5) is 4.79 Å². The standard InChI is InChI=1S/C20H30N4O3/c1-19(2,3)15-4-8-20(9-5-15)17(26)24(18(27)22-20)13-16(25)23-10-6-14(12-21)7-11-23/h14-15H,4-11,13H2,1-3H3,(H,22,27). The molecular formula is C20H30N4O3. The van der Waals surface area contributed by atoms with Gasteiger partial charge < -0.3 is 10.2 Å². The first-order valence-electron chi connectivity index (χ1n) is 9.98. The minimum atomic E-state index is -0.826. The van der Waals surface area contributed by atoms with Crippen LogP contribution in [0.1, 0.15) is 59.3 Å². The molecule has 2 saturated heterocycles. The Morgan fingerprint density at radius 1 is 1.19 bits per heavy atom. The van der Waals surface area contributed by atoms with Crippen molar-refractivity contribution in [2.45, 2.75) is 64.8 Å². The third-order valence-corrected chi connectivity index (χ3v) is 6.63. The third kappa shape index (κ3) is 3.80. The van der Waals surface area contributed by atoms with Crippen molar-refractivity contribution in [3.05, 3.63) is 0 Å². The summed E-state index contributed by atoms with van der Waals surface area (Å²) in [6.07, 6.45) is 4.38. The summed E-state index contributed by atoms with van der Waals surface area (Å²) in [4.78, 5) is 40.7. The Morgan fingerprint density at radius 3 is 2.30 bits per heavy atom. The summed E-state index contributed by atoms with van der Waals surface area (Å²) in [5, 5.41) is 11.9. The molecule has 4 amide bonds. The fourth-order valence-corrected chi connectivity index (χ4v) is 4.63. The van der Waals surface area contributed by atoms with Gasteiger partial charge in [0.2, 0.25) is 5.91 Å². The molecule has 3 rings (SSSR count). The number of amides is 4. The number of rotatable bonds is 2. The molecular weight excluding hydrogens is 344 g/mol. The molecule has 3 fully saturated rings. The Bertz CT molecular complexity index is 660. The lowest BCUT2D eigenvalue weighted by molar-refractivity contribution is -0.140. The van der Waals surface area contributed by atoms with Gasteiger partial charge in [-0.2, -0.15) is 5.26 Å². The highest BCUT2D eigenvalue weighted by atomic mass is 16.2. The predicted octanol–water partition coefficient (Wildman–Crippen LogP) is 2.28. The van der Waals surface area contributed by atoms with Crippen LogP contribution in [0.5, 0.6) is 0 Å². The second-order valence-corrected chi connectivity index (χ2v) is 9.33. The van der Waals surface area contributed by atoms with Crippen LogP contribution in [-0.4, -0.2) is 52.8 Å². The van der Waals surface area contributed by atoms with Crippen LogP contribution < -0.4 is 5.32 Å². The van der Waals surface area contributed by atoms with Crippen molar-refractivity contribution >= 4 is 17.8 Å². The second kappa shape index (κ2) is 7.14. The molecule has 2 aliphatic heterocycles. The highest BCUT2D eigenvalue weighted by molar-refractivity contribution is 6.09. The summed E-state index contributed by atoms with van der Waals surface area (Å²) in [5.74, 6) is 0.0624. The number of carbonyl (C=O) groups excluding carboxylic acids is 3. The van der Waals surface area contributed by atoms with Crippen molar-refractivity contribution in [1.82, 2.24) is 15.1 Å². The number of nitrogens with zero attached hydrogens (tertiary/aromatic N) is 3. The zero-order valence-electron chi connectivity index (χ0n) is 16.6. The van der Waals surface area contributed by atoms with Crippen molar-refractivity contribution in [3.63, 3.8) is 0 Å². The molecule has 1 spiro atoms. The molecule has 27 heavy (non-hydrogen) atoms. The molecule has 2 heterocycles. The van der Waals surface area contributed by atoms with Gasteiger partial charge in [0.25, 0.3) is 5.91 Å². The third-order valence-electron chi connectivity index (χ3n) is 6.63. The molecule has 0 bridgehead atoms. The molecule has 1 saturated carbocycles. The number of carbonyl (C=O) groups is 3. The summed E-state index contributed by atoms with van der Waals surface area (Å²) >= 11 is 0. The van der Waals surface area contributed by atoms with Crippen molar-refractivity contribution in [3.8, 4) is 6.07 Å². The van der Waals surface area contributed by atoms with E-state index in [9.17, 15) is 14.4 Å². The summed E-state index contributed by atoms with van der Waals surface area (Å²) in [7, 11) is 0. The van der Waals surface area contributed by atoms with Gasteiger partial charge in [-0.05, 0) is 49.9 Å². The molecule has 0 aromatic heterocycles. The topological polar surface area (TPSA) is 93.5 Å². The molecule has 1 aliphatic carbocycles. The van der Waals surface area contributed by atoms with Gasteiger partial charge in [-0.3, -0.25) is 14.5 Å². The molecule has 0 aromatic rings. The summed E-state index contributed by atoms with van der Waals surface area (Å²) < 4.78 is 0. The van der Waals surface area contributed by atoms with E-state index in [0.29, 0.717) is 44.7 Å². The van der Waals surface area contributed by atoms with Crippen molar-refractivity contribution < 1.29 is 14.4 Å². The predicted molar refractivity (Wildman–Crippen MR) is 99.3 cm³/mol. The Kier molecular flexibility index (Phi) is 5.20. The molecule has 0 aromatic carbocycles. The number of piperidine rings is 1. The van der Waals surface area contributed by atoms with E-state index in [1.54, 1.807) is 4.90 Å². The van der Waals surface area contributed by atoms with E-state index < -0.39 is 11.6 Å². The lowest BCUT2D eigenvalue weighted by Crippen LogP contribution is -2.51. The monoisotopic (exact) mass is 374 g/mol. The smallest absolute Gasteiger partial charge is 0.325 e. The Balaban J connectivity index is 1.60. The van der Waals surface area contributed by atoms with Gasteiger partial charge in [0.15, 0.2) is 0 Å². The van der Waals surface area contributed by atoms with Crippen LogP contribution in [0.2, 0.25) is 0 Å². The van der Waals surface area contributed by atoms with Crippen LogP contribution in [0.25, 0.3) is 0 Å². The van der Waals surface area contributed by atoms with Crippen LogP contribution in [0, 0.1) is 28.6 Å². The van der Waals surface area contributed by atoms with Gasteiger partial charge in [-0.25, -0.2) is 4.79 Å². The van der Waals surface area contributed by atoms with Gasteiger partial charge in [0.1, 0.15) is 12.1 Å². The highest BCUT2D eigenvalue weighted by Gasteiger charge is 2.53. The zero-order valence-corrected chi connectivity index (χ0v) is 16.6. The number of nitriles is 1. The van der Waals surface area contributed by atoms with E-state index in [2.05, 4.69) is 32.2 Å². The lowest BCUT2D eigenvalue weighted by Gasteiger charge is -2.40. The number of hydrogen-bond acceptors (Lipinski definition) is 4. The average molecular weight is 374 g/mol. The minimum absolute atomic E-state index is 0.00737. The van der Waals surface area contributed by atoms with E-state index in [1.807, 2.05) is 0 Å². The molecule has 0 unspecified atom stereocenters. The molecule has 7 nitrogen and oxygen atoms in total. The average Bonchev–Trinajstić information content (AvgIpc) is 2.85. The Hall–Kier alpha value is -2.10. The lowest BCUT2D eigenvalue weighted by atomic mass is 9.67. The van der Waals surface area contributed by atoms with E-state index in [0.717, 1.165) is 17.7 Å². The molecule has 148 valence electrons. The number of urea groups is 1. The van der Waals surface area contributed by atoms with Gasteiger partial charge in [-0.1, -0.05) is 20.8 Å². The maximum atomic E-state index is 13.0. The first kappa shape index (κ1) is 19.7. The van der Waals surface area contributed by atoms with E-state index >= 15 is 0 Å². The highest BCUT2D eigenvalue weighted by Crippen LogP contribution is 2.43. The van der Waals surface area contributed by atoms with E-state index in [1.165, 1.54) is 0 Å². The maximum Gasteiger partial charge on any atom is 0.325 e. The van der Waals surface area contributed by atoms with Crippen LogP contribution in [-0.2, 0) is 9.59 Å². The number of likely N-dealkylation sites (tertiary alicyclic amines) is 1. The SMILES string of the molecule is CC(C)(C)C1CCC2(CC1)NC(=O)N(CC(=O)N1CCC(C#N)CC1)C2=O. The van der Waals surface area contributed by atoms with Gasteiger partial charge in [0, 0.05) is 19.0 Å². The van der Waals surface area contributed by atoms with Crippen LogP contribution in [0.15, 0.2) is 0 Å². The second-order valence-electron chi connectivity index (χ2n) is 9.33. The molecule has 1 N–H and O–H groups in total. The molecule has 0 radical (unpaired) electrons. The minimum Gasteiger partial charge on any atom is -0.341 e. The van der Waals surface area contributed by atoms with Gasteiger partial charge >= 0.3 is 6.03 Å². The number of nitrogens with one attached hydrogen (secondary N) is 1. The fourth-order valence-electron chi connectivity index (χ4n) is 4.63. The van der Waals surface area contributed by atoms with Gasteiger partial charge in [-0.15, -0.1) is 0 Å². The first-order valence-corrected chi connectivity index (χ1v) is 9.98. The Morgan fingerprint density at radius 2 is 1.78 bits per heavy atom. The summed E-state index contributed by atoms with van der Waals surface area (Å²) in [6, 6.07) is 1.79. The number of imide groups is 1. The summed E-state index contributed by atoms with van der Waals surface area (Å²) in [6.45, 7) is 7.46. The Labute approximate surface area is 161 Å². The zero-order chi connectivity index (χ0) is 19.8. The van der Waals surface area contributed by atoms with E-state index in [4.69, 9.17) is 5.26 Å². The maximum absolute atomic E-state index is 13.0. The van der Waals surface area contributed by atoms with Crippen LogP contribution >= 0.6 is 0 Å². The van der Waals surface area contributed by atoms with Crippen molar-refractivity contribution in [1.29, 1.82) is 5.26 Å². The largest absolute Gasteiger partial charge is 0.341 e. The number of hydrogen-bond donors (Lipinski definition) is 1.